The summed E-state index contributed by atoms with van der Waals surface area (Å²) in [5, 5.41) is 0. The Balaban J connectivity index is 1.74. The maximum absolute atomic E-state index is 5.47. The Bertz CT molecular complexity index is 586. The molecular formula is C20H26O. The van der Waals surface area contributed by atoms with E-state index in [2.05, 4.69) is 31.2 Å². The maximum atomic E-state index is 5.47. The number of rotatable bonds is 2. The summed E-state index contributed by atoms with van der Waals surface area (Å²) in [5.41, 5.74) is 5.55. The van der Waals surface area contributed by atoms with Crippen molar-refractivity contribution in [3.8, 4) is 5.75 Å². The van der Waals surface area contributed by atoms with E-state index in [1.165, 1.54) is 44.9 Å². The van der Waals surface area contributed by atoms with Crippen LogP contribution in [0.5, 0.6) is 5.75 Å². The summed E-state index contributed by atoms with van der Waals surface area (Å²) in [4.78, 5) is 0. The monoisotopic (exact) mass is 282 g/mol. The Morgan fingerprint density at radius 3 is 2.90 bits per heavy atom. The third kappa shape index (κ3) is 1.89. The third-order valence-corrected chi connectivity index (χ3v) is 6.57. The van der Waals surface area contributed by atoms with E-state index < -0.39 is 0 Å². The van der Waals surface area contributed by atoms with E-state index >= 15 is 0 Å². The molecule has 1 aromatic carbocycles. The summed E-state index contributed by atoms with van der Waals surface area (Å²) in [6, 6.07) is 6.75. The fourth-order valence-corrected chi connectivity index (χ4v) is 5.40. The predicted molar refractivity (Wildman–Crippen MR) is 86.8 cm³/mol. The first-order chi connectivity index (χ1) is 10.3. The fraction of sp³-hybridized carbons (Fsp3) is 0.600. The second-order valence-electron chi connectivity index (χ2n) is 7.19. The quantitative estimate of drug-likeness (QED) is 0.673. The van der Waals surface area contributed by atoms with Gasteiger partial charge in [0, 0.05) is 0 Å². The SMILES string of the molecule is CC[C@@]12CCC=C1[C@@H]1CCc3ccc(OC)cc3[C@H]1CC2. The van der Waals surface area contributed by atoms with Crippen LogP contribution in [0, 0.1) is 11.3 Å². The first-order valence-electron chi connectivity index (χ1n) is 8.65. The van der Waals surface area contributed by atoms with Crippen molar-refractivity contribution in [2.45, 2.75) is 57.8 Å². The van der Waals surface area contributed by atoms with Gasteiger partial charge >= 0.3 is 0 Å². The van der Waals surface area contributed by atoms with Crippen LogP contribution in [0.3, 0.4) is 0 Å². The molecule has 0 aromatic heterocycles. The summed E-state index contributed by atoms with van der Waals surface area (Å²) in [5.74, 6) is 2.58. The minimum Gasteiger partial charge on any atom is -0.497 e. The normalized spacial score (nSPS) is 33.7. The lowest BCUT2D eigenvalue weighted by atomic mass is 9.57. The molecule has 1 aromatic rings. The molecule has 0 heterocycles. The summed E-state index contributed by atoms with van der Waals surface area (Å²) < 4.78 is 5.47. The topological polar surface area (TPSA) is 9.23 Å². The van der Waals surface area contributed by atoms with Gasteiger partial charge in [-0.15, -0.1) is 0 Å². The minimum atomic E-state index is 0.567. The number of aryl methyl sites for hydroxylation is 1. The molecule has 0 aliphatic heterocycles. The van der Waals surface area contributed by atoms with Gasteiger partial charge in [-0.3, -0.25) is 0 Å². The zero-order valence-electron chi connectivity index (χ0n) is 13.3. The summed E-state index contributed by atoms with van der Waals surface area (Å²) >= 11 is 0. The van der Waals surface area contributed by atoms with Gasteiger partial charge in [-0.2, -0.15) is 0 Å². The highest BCUT2D eigenvalue weighted by Crippen LogP contribution is 2.60. The number of methoxy groups -OCH3 is 1. The van der Waals surface area contributed by atoms with Crippen LogP contribution >= 0.6 is 0 Å². The van der Waals surface area contributed by atoms with Crippen LogP contribution in [0.1, 0.15) is 62.5 Å². The Morgan fingerprint density at radius 1 is 1.19 bits per heavy atom. The maximum Gasteiger partial charge on any atom is 0.119 e. The van der Waals surface area contributed by atoms with E-state index in [0.717, 1.165) is 17.6 Å². The molecule has 3 atom stereocenters. The van der Waals surface area contributed by atoms with Crippen LogP contribution in [0.2, 0.25) is 0 Å². The highest BCUT2D eigenvalue weighted by Gasteiger charge is 2.47. The molecule has 0 amide bonds. The summed E-state index contributed by atoms with van der Waals surface area (Å²) in [6.07, 6.45) is 12.0. The first-order valence-corrected chi connectivity index (χ1v) is 8.65. The zero-order chi connectivity index (χ0) is 14.4. The average Bonchev–Trinajstić information content (AvgIpc) is 2.98. The Morgan fingerprint density at radius 2 is 2.10 bits per heavy atom. The average molecular weight is 282 g/mol. The van der Waals surface area contributed by atoms with Gasteiger partial charge in [-0.25, -0.2) is 0 Å². The van der Waals surface area contributed by atoms with E-state index in [1.807, 2.05) is 5.57 Å². The van der Waals surface area contributed by atoms with Crippen LogP contribution in [0.25, 0.3) is 0 Å². The van der Waals surface area contributed by atoms with Gasteiger partial charge in [-0.1, -0.05) is 24.6 Å². The molecule has 0 spiro atoms. The third-order valence-electron chi connectivity index (χ3n) is 6.57. The van der Waals surface area contributed by atoms with Crippen molar-refractivity contribution in [3.05, 3.63) is 41.0 Å². The molecule has 112 valence electrons. The number of fused-ring (bicyclic) bond motifs is 5. The summed E-state index contributed by atoms with van der Waals surface area (Å²) in [6.45, 7) is 2.40. The number of ether oxygens (including phenoxy) is 1. The number of benzene rings is 1. The first kappa shape index (κ1) is 13.4. The molecule has 21 heavy (non-hydrogen) atoms. The second kappa shape index (κ2) is 4.90. The lowest BCUT2D eigenvalue weighted by Crippen LogP contribution is -2.35. The van der Waals surface area contributed by atoms with Gasteiger partial charge in [0.05, 0.1) is 7.11 Å². The van der Waals surface area contributed by atoms with Gasteiger partial charge in [0.15, 0.2) is 0 Å². The van der Waals surface area contributed by atoms with E-state index in [9.17, 15) is 0 Å². The number of hydrogen-bond acceptors (Lipinski definition) is 1. The number of allylic oxidation sites excluding steroid dienone is 2. The van der Waals surface area contributed by atoms with Crippen LogP contribution < -0.4 is 4.74 Å². The lowest BCUT2D eigenvalue weighted by Gasteiger charge is -2.47. The van der Waals surface area contributed by atoms with E-state index in [4.69, 9.17) is 4.74 Å². The second-order valence-corrected chi connectivity index (χ2v) is 7.19. The van der Waals surface area contributed by atoms with Crippen molar-refractivity contribution in [1.29, 1.82) is 0 Å². The fourth-order valence-electron chi connectivity index (χ4n) is 5.40. The summed E-state index contributed by atoms with van der Waals surface area (Å²) in [7, 11) is 1.78. The zero-order valence-corrected chi connectivity index (χ0v) is 13.3. The largest absolute Gasteiger partial charge is 0.497 e. The van der Waals surface area contributed by atoms with Crippen LogP contribution in [0.15, 0.2) is 29.8 Å². The predicted octanol–water partition coefficient (Wildman–Crippen LogP) is 5.25. The van der Waals surface area contributed by atoms with E-state index in [0.29, 0.717) is 5.41 Å². The molecule has 3 aliphatic rings. The Hall–Kier alpha value is -1.24. The van der Waals surface area contributed by atoms with Crippen molar-refractivity contribution in [2.24, 2.45) is 11.3 Å². The molecule has 3 aliphatic carbocycles. The molecule has 1 nitrogen and oxygen atoms in total. The molecule has 0 N–H and O–H groups in total. The molecule has 1 heteroatoms. The lowest BCUT2D eigenvalue weighted by molar-refractivity contribution is 0.192. The van der Waals surface area contributed by atoms with Gasteiger partial charge in [-0.05, 0) is 85.5 Å². The van der Waals surface area contributed by atoms with Crippen LogP contribution in [-0.4, -0.2) is 7.11 Å². The highest BCUT2D eigenvalue weighted by molar-refractivity contribution is 5.43. The smallest absolute Gasteiger partial charge is 0.119 e. The Labute approximate surface area is 128 Å². The molecule has 0 radical (unpaired) electrons. The van der Waals surface area contributed by atoms with E-state index in [-0.39, 0.29) is 0 Å². The van der Waals surface area contributed by atoms with Gasteiger partial charge in [0.2, 0.25) is 0 Å². The highest BCUT2D eigenvalue weighted by atomic mass is 16.5. The molecule has 0 saturated heterocycles. The molecule has 0 unspecified atom stereocenters. The minimum absolute atomic E-state index is 0.567. The molecule has 4 rings (SSSR count). The van der Waals surface area contributed by atoms with Crippen molar-refractivity contribution in [1.82, 2.24) is 0 Å². The van der Waals surface area contributed by atoms with Crippen molar-refractivity contribution >= 4 is 0 Å². The molecule has 1 saturated carbocycles. The van der Waals surface area contributed by atoms with Crippen LogP contribution in [0.4, 0.5) is 0 Å². The molecule has 1 fully saturated rings. The number of hydrogen-bond donors (Lipinski definition) is 0. The van der Waals surface area contributed by atoms with Crippen molar-refractivity contribution in [2.75, 3.05) is 7.11 Å². The van der Waals surface area contributed by atoms with Crippen molar-refractivity contribution in [3.63, 3.8) is 0 Å². The standard InChI is InChI=1S/C20H26O/c1-3-20-11-4-5-19(20)17-9-7-14-6-8-15(21-2)13-18(14)16(17)10-12-20/h5-6,8,13,16-17H,3-4,7,9-12H2,1-2H3/t16-,17+,20-/m0/s1. The van der Waals surface area contributed by atoms with Gasteiger partial charge in [0.25, 0.3) is 0 Å². The van der Waals surface area contributed by atoms with E-state index in [1.54, 1.807) is 18.2 Å². The van der Waals surface area contributed by atoms with Crippen LogP contribution in [-0.2, 0) is 6.42 Å². The Kier molecular flexibility index (Phi) is 3.13. The van der Waals surface area contributed by atoms with Gasteiger partial charge in [0.1, 0.15) is 5.75 Å². The van der Waals surface area contributed by atoms with Crippen molar-refractivity contribution < 1.29 is 4.74 Å². The van der Waals surface area contributed by atoms with Gasteiger partial charge < -0.3 is 4.74 Å². The molecular weight excluding hydrogens is 256 g/mol. The molecule has 0 bridgehead atoms.